The second kappa shape index (κ2) is 9.30. The molecule has 2 N–H and O–H groups in total. The highest BCUT2D eigenvalue weighted by Crippen LogP contribution is 2.18. The number of carbonyl (C=O) groups excluding carboxylic acids is 1. The molecule has 0 unspecified atom stereocenters. The van der Waals surface area contributed by atoms with E-state index in [2.05, 4.69) is 20.6 Å². The fourth-order valence-electron chi connectivity index (χ4n) is 2.67. The first-order valence-corrected chi connectivity index (χ1v) is 9.04. The molecule has 28 heavy (non-hydrogen) atoms. The molecule has 10 heteroatoms. The lowest BCUT2D eigenvalue weighted by Gasteiger charge is -2.26. The number of aromatic nitrogens is 2. The number of hydrogen-bond acceptors (Lipinski definition) is 7. The first kappa shape index (κ1) is 19.8. The summed E-state index contributed by atoms with van der Waals surface area (Å²) < 4.78 is 18.9. The maximum absolute atomic E-state index is 13.6. The van der Waals surface area contributed by atoms with Crippen LogP contribution in [0.3, 0.4) is 0 Å². The predicted molar refractivity (Wildman–Crippen MR) is 102 cm³/mol. The number of halogens is 2. The van der Waals surface area contributed by atoms with Crippen molar-refractivity contribution in [3.8, 4) is 6.07 Å². The number of anilines is 2. The number of benzene rings is 1. The summed E-state index contributed by atoms with van der Waals surface area (Å²) in [6.07, 6.45) is 1.40. The van der Waals surface area contributed by atoms with E-state index in [1.54, 1.807) is 6.07 Å². The summed E-state index contributed by atoms with van der Waals surface area (Å²) in [5.41, 5.74) is 0.385. The van der Waals surface area contributed by atoms with Crippen LogP contribution in [0, 0.1) is 17.1 Å². The van der Waals surface area contributed by atoms with E-state index in [1.165, 1.54) is 18.3 Å². The number of nitrogens with one attached hydrogen (secondary N) is 2. The summed E-state index contributed by atoms with van der Waals surface area (Å²) in [5, 5.41) is 14.8. The normalized spacial score (nSPS) is 13.7. The zero-order chi connectivity index (χ0) is 19.9. The predicted octanol–water partition coefficient (Wildman–Crippen LogP) is 1.82. The highest BCUT2D eigenvalue weighted by molar-refractivity contribution is 6.33. The molecule has 0 saturated carbocycles. The number of ether oxygens (including phenoxy) is 1. The SMILES string of the molecule is N#Cc1c(F)cccc1NCCNC(=O)c1nc(N2CCOCC2)ncc1Cl. The number of nitriles is 1. The van der Waals surface area contributed by atoms with Gasteiger partial charge in [0.05, 0.1) is 30.1 Å². The number of nitrogens with zero attached hydrogens (tertiary/aromatic N) is 4. The van der Waals surface area contributed by atoms with Gasteiger partial charge in [0.2, 0.25) is 5.95 Å². The molecule has 2 aromatic rings. The summed E-state index contributed by atoms with van der Waals surface area (Å²) in [5.74, 6) is -0.613. The smallest absolute Gasteiger partial charge is 0.271 e. The monoisotopic (exact) mass is 404 g/mol. The van der Waals surface area contributed by atoms with Crippen molar-refractivity contribution in [2.24, 2.45) is 0 Å². The largest absolute Gasteiger partial charge is 0.382 e. The summed E-state index contributed by atoms with van der Waals surface area (Å²) in [6.45, 7) is 2.95. The quantitative estimate of drug-likeness (QED) is 0.708. The van der Waals surface area contributed by atoms with Gasteiger partial charge >= 0.3 is 0 Å². The molecule has 1 aliphatic heterocycles. The second-order valence-electron chi connectivity index (χ2n) is 5.92. The molecule has 1 amide bonds. The topological polar surface area (TPSA) is 103 Å². The van der Waals surface area contributed by atoms with Crippen LogP contribution in [-0.2, 0) is 4.74 Å². The van der Waals surface area contributed by atoms with Crippen LogP contribution in [0.15, 0.2) is 24.4 Å². The van der Waals surface area contributed by atoms with E-state index in [-0.39, 0.29) is 22.8 Å². The molecule has 0 spiro atoms. The standard InChI is InChI=1S/C18H18ClFN6O2/c19-13-11-24-18(26-6-8-28-9-7-26)25-16(13)17(27)23-5-4-22-15-3-1-2-14(20)12(15)10-21/h1-3,11,22H,4-9H2,(H,23,27). The zero-order valence-corrected chi connectivity index (χ0v) is 15.7. The van der Waals surface area contributed by atoms with Crippen LogP contribution in [0.1, 0.15) is 16.1 Å². The van der Waals surface area contributed by atoms with E-state index >= 15 is 0 Å². The average molecular weight is 405 g/mol. The summed E-state index contributed by atoms with van der Waals surface area (Å²) in [6, 6.07) is 6.13. The summed E-state index contributed by atoms with van der Waals surface area (Å²) in [7, 11) is 0. The Balaban J connectivity index is 1.58. The molecule has 1 saturated heterocycles. The number of hydrogen-bond donors (Lipinski definition) is 2. The maximum Gasteiger partial charge on any atom is 0.271 e. The molecule has 2 heterocycles. The molecule has 8 nitrogen and oxygen atoms in total. The Hall–Kier alpha value is -2.96. The van der Waals surface area contributed by atoms with Crippen LogP contribution >= 0.6 is 11.6 Å². The van der Waals surface area contributed by atoms with Crippen LogP contribution < -0.4 is 15.5 Å². The van der Waals surface area contributed by atoms with Gasteiger partial charge in [0, 0.05) is 26.2 Å². The van der Waals surface area contributed by atoms with Crippen molar-refractivity contribution in [1.29, 1.82) is 5.26 Å². The molecule has 3 rings (SSSR count). The van der Waals surface area contributed by atoms with Crippen molar-refractivity contribution >= 4 is 29.1 Å². The van der Waals surface area contributed by atoms with E-state index in [0.717, 1.165) is 0 Å². The lowest BCUT2D eigenvalue weighted by molar-refractivity contribution is 0.0950. The van der Waals surface area contributed by atoms with E-state index in [1.807, 2.05) is 11.0 Å². The fraction of sp³-hybridized carbons (Fsp3) is 0.333. The third-order valence-electron chi connectivity index (χ3n) is 4.09. The van der Waals surface area contributed by atoms with E-state index in [0.29, 0.717) is 44.5 Å². The highest BCUT2D eigenvalue weighted by atomic mass is 35.5. The number of amides is 1. The fourth-order valence-corrected chi connectivity index (χ4v) is 2.85. The Morgan fingerprint density at radius 2 is 2.14 bits per heavy atom. The molecule has 146 valence electrons. The van der Waals surface area contributed by atoms with Crippen LogP contribution in [0.2, 0.25) is 5.02 Å². The first-order valence-electron chi connectivity index (χ1n) is 8.66. The first-order chi connectivity index (χ1) is 13.6. The Morgan fingerprint density at radius 1 is 1.36 bits per heavy atom. The molecule has 1 fully saturated rings. The van der Waals surface area contributed by atoms with Crippen molar-refractivity contribution in [3.63, 3.8) is 0 Å². The lowest BCUT2D eigenvalue weighted by atomic mass is 10.2. The molecule has 1 aromatic carbocycles. The molecular formula is C18H18ClFN6O2. The third-order valence-corrected chi connectivity index (χ3v) is 4.37. The van der Waals surface area contributed by atoms with Crippen LogP contribution in [-0.4, -0.2) is 55.3 Å². The van der Waals surface area contributed by atoms with Gasteiger partial charge in [0.25, 0.3) is 5.91 Å². The Bertz CT molecular complexity index is 898. The minimum Gasteiger partial charge on any atom is -0.382 e. The van der Waals surface area contributed by atoms with Crippen LogP contribution in [0.25, 0.3) is 0 Å². The van der Waals surface area contributed by atoms with Gasteiger partial charge in [0.15, 0.2) is 5.69 Å². The lowest BCUT2D eigenvalue weighted by Crippen LogP contribution is -2.38. The molecule has 0 bridgehead atoms. The van der Waals surface area contributed by atoms with Crippen molar-refractivity contribution in [2.75, 3.05) is 49.6 Å². The van der Waals surface area contributed by atoms with Crippen molar-refractivity contribution < 1.29 is 13.9 Å². The molecule has 1 aliphatic rings. The Labute approximate surface area is 166 Å². The van der Waals surface area contributed by atoms with Crippen molar-refractivity contribution in [3.05, 3.63) is 46.5 Å². The molecule has 1 aromatic heterocycles. The van der Waals surface area contributed by atoms with Crippen molar-refractivity contribution in [1.82, 2.24) is 15.3 Å². The molecule has 0 aliphatic carbocycles. The molecule has 0 atom stereocenters. The minimum absolute atomic E-state index is 0.0668. The van der Waals surface area contributed by atoms with E-state index < -0.39 is 11.7 Å². The van der Waals surface area contributed by atoms with Gasteiger partial charge in [-0.3, -0.25) is 4.79 Å². The minimum atomic E-state index is -0.597. The number of rotatable bonds is 6. The van der Waals surface area contributed by atoms with Gasteiger partial charge in [-0.15, -0.1) is 0 Å². The van der Waals surface area contributed by atoms with Gasteiger partial charge in [0.1, 0.15) is 17.4 Å². The number of morpholine rings is 1. The van der Waals surface area contributed by atoms with Gasteiger partial charge in [-0.2, -0.15) is 5.26 Å². The zero-order valence-electron chi connectivity index (χ0n) is 14.9. The molecular weight excluding hydrogens is 387 g/mol. The van der Waals surface area contributed by atoms with Gasteiger partial charge < -0.3 is 20.3 Å². The van der Waals surface area contributed by atoms with Crippen LogP contribution in [0.5, 0.6) is 0 Å². The second-order valence-corrected chi connectivity index (χ2v) is 6.33. The van der Waals surface area contributed by atoms with Gasteiger partial charge in [-0.1, -0.05) is 17.7 Å². The summed E-state index contributed by atoms with van der Waals surface area (Å²) >= 11 is 6.07. The number of carbonyl (C=O) groups is 1. The Kier molecular flexibility index (Phi) is 6.57. The Morgan fingerprint density at radius 3 is 2.89 bits per heavy atom. The van der Waals surface area contributed by atoms with Crippen molar-refractivity contribution in [2.45, 2.75) is 0 Å². The summed E-state index contributed by atoms with van der Waals surface area (Å²) in [4.78, 5) is 22.8. The van der Waals surface area contributed by atoms with Gasteiger partial charge in [-0.25, -0.2) is 14.4 Å². The highest BCUT2D eigenvalue weighted by Gasteiger charge is 2.19. The molecule has 0 radical (unpaired) electrons. The third kappa shape index (κ3) is 4.65. The van der Waals surface area contributed by atoms with E-state index in [9.17, 15) is 9.18 Å². The maximum atomic E-state index is 13.6. The average Bonchev–Trinajstić information content (AvgIpc) is 2.72. The van der Waals surface area contributed by atoms with E-state index in [4.69, 9.17) is 21.6 Å². The van der Waals surface area contributed by atoms with Crippen LogP contribution in [0.4, 0.5) is 16.0 Å². The van der Waals surface area contributed by atoms with Gasteiger partial charge in [-0.05, 0) is 12.1 Å².